The summed E-state index contributed by atoms with van der Waals surface area (Å²) in [6.45, 7) is 5.89. The molecule has 16 heavy (non-hydrogen) atoms. The first-order chi connectivity index (χ1) is 7.83. The van der Waals surface area contributed by atoms with E-state index in [0.29, 0.717) is 0 Å². The van der Waals surface area contributed by atoms with Crippen LogP contribution in [0.2, 0.25) is 0 Å². The second-order valence-corrected chi connectivity index (χ2v) is 2.91. The average Bonchev–Trinajstić information content (AvgIpc) is 2.33. The molecule has 0 N–H and O–H groups in total. The zero-order valence-corrected chi connectivity index (χ0v) is 10.3. The van der Waals surface area contributed by atoms with Crippen molar-refractivity contribution in [1.82, 2.24) is 0 Å². The molecule has 0 heterocycles. The van der Waals surface area contributed by atoms with Crippen molar-refractivity contribution in [3.8, 4) is 0 Å². The standard InChI is InChI=1S/C12H14O2.C2H6/c1-2-3-5-10-12(13)14-11-8-6-4-7-9-11;1-2/h2-6,8,10H,7,9H2,1H3;1-2H3/b3-2+,10-5+;. The third-order valence-corrected chi connectivity index (χ3v) is 1.74. The molecule has 0 aromatic heterocycles. The Morgan fingerprint density at radius 1 is 1.38 bits per heavy atom. The molecule has 0 spiro atoms. The van der Waals surface area contributed by atoms with Gasteiger partial charge in [-0.3, -0.25) is 0 Å². The van der Waals surface area contributed by atoms with Gasteiger partial charge in [-0.2, -0.15) is 0 Å². The minimum absolute atomic E-state index is 0.315. The van der Waals surface area contributed by atoms with E-state index in [2.05, 4.69) is 0 Å². The molecular formula is C14H20O2. The fourth-order valence-corrected chi connectivity index (χ4v) is 1.07. The molecule has 1 aliphatic carbocycles. The van der Waals surface area contributed by atoms with Crippen molar-refractivity contribution in [2.75, 3.05) is 0 Å². The molecule has 0 saturated heterocycles. The van der Waals surface area contributed by atoms with Gasteiger partial charge < -0.3 is 4.74 Å². The van der Waals surface area contributed by atoms with Gasteiger partial charge in [-0.25, -0.2) is 4.79 Å². The molecule has 0 bridgehead atoms. The minimum Gasteiger partial charge on any atom is -0.428 e. The van der Waals surface area contributed by atoms with Crippen LogP contribution in [0.5, 0.6) is 0 Å². The van der Waals surface area contributed by atoms with Gasteiger partial charge in [0, 0.05) is 12.5 Å². The van der Waals surface area contributed by atoms with Crippen LogP contribution < -0.4 is 0 Å². The second-order valence-electron chi connectivity index (χ2n) is 2.91. The van der Waals surface area contributed by atoms with Crippen molar-refractivity contribution in [2.24, 2.45) is 0 Å². The number of hydrogen-bond acceptors (Lipinski definition) is 2. The Hall–Kier alpha value is -1.57. The molecule has 0 atom stereocenters. The number of allylic oxidation sites excluding steroid dienone is 7. The van der Waals surface area contributed by atoms with Crippen LogP contribution in [0.25, 0.3) is 0 Å². The average molecular weight is 220 g/mol. The molecule has 0 unspecified atom stereocenters. The molecule has 1 aliphatic rings. The highest BCUT2D eigenvalue weighted by Crippen LogP contribution is 2.12. The van der Waals surface area contributed by atoms with Gasteiger partial charge in [0.05, 0.1) is 0 Å². The Kier molecular flexibility index (Phi) is 8.99. The van der Waals surface area contributed by atoms with Crippen molar-refractivity contribution < 1.29 is 9.53 Å². The molecule has 0 fully saturated rings. The van der Waals surface area contributed by atoms with Crippen molar-refractivity contribution in [2.45, 2.75) is 33.6 Å². The highest BCUT2D eigenvalue weighted by atomic mass is 16.5. The van der Waals surface area contributed by atoms with Gasteiger partial charge in [0.2, 0.25) is 0 Å². The van der Waals surface area contributed by atoms with Crippen LogP contribution >= 0.6 is 0 Å². The molecule has 88 valence electrons. The Morgan fingerprint density at radius 2 is 2.12 bits per heavy atom. The molecular weight excluding hydrogens is 200 g/mol. The maximum atomic E-state index is 11.2. The molecule has 0 saturated carbocycles. The zero-order valence-electron chi connectivity index (χ0n) is 10.3. The number of ether oxygens (including phenoxy) is 1. The lowest BCUT2D eigenvalue weighted by Gasteiger charge is -2.07. The van der Waals surface area contributed by atoms with E-state index in [1.54, 1.807) is 12.2 Å². The maximum Gasteiger partial charge on any atom is 0.335 e. The Bertz CT molecular complexity index is 307. The topological polar surface area (TPSA) is 26.3 Å². The summed E-state index contributed by atoms with van der Waals surface area (Å²) in [5.74, 6) is 0.423. The number of carbonyl (C=O) groups excluding carboxylic acids is 1. The van der Waals surface area contributed by atoms with Crippen LogP contribution in [0.3, 0.4) is 0 Å². The van der Waals surface area contributed by atoms with Crippen molar-refractivity contribution >= 4 is 5.97 Å². The summed E-state index contributed by atoms with van der Waals surface area (Å²) in [7, 11) is 0. The normalized spacial score (nSPS) is 14.6. The smallest absolute Gasteiger partial charge is 0.335 e. The van der Waals surface area contributed by atoms with E-state index in [4.69, 9.17) is 4.74 Å². The van der Waals surface area contributed by atoms with Crippen LogP contribution in [0.4, 0.5) is 0 Å². The summed E-state index contributed by atoms with van der Waals surface area (Å²) in [6.07, 6.45) is 14.3. The van der Waals surface area contributed by atoms with E-state index < -0.39 is 0 Å². The third-order valence-electron chi connectivity index (χ3n) is 1.74. The largest absolute Gasteiger partial charge is 0.428 e. The van der Waals surface area contributed by atoms with Crippen LogP contribution in [-0.2, 0) is 9.53 Å². The highest BCUT2D eigenvalue weighted by molar-refractivity contribution is 5.83. The lowest BCUT2D eigenvalue weighted by Crippen LogP contribution is -2.01. The fourth-order valence-electron chi connectivity index (χ4n) is 1.07. The monoisotopic (exact) mass is 220 g/mol. The van der Waals surface area contributed by atoms with Gasteiger partial charge in [-0.05, 0) is 19.4 Å². The van der Waals surface area contributed by atoms with Crippen molar-refractivity contribution in [3.63, 3.8) is 0 Å². The van der Waals surface area contributed by atoms with Crippen LogP contribution in [-0.4, -0.2) is 5.97 Å². The number of hydrogen-bond donors (Lipinski definition) is 0. The van der Waals surface area contributed by atoms with Gasteiger partial charge in [-0.15, -0.1) is 0 Å². The zero-order chi connectivity index (χ0) is 12.2. The molecule has 0 aliphatic heterocycles. The van der Waals surface area contributed by atoms with Gasteiger partial charge in [-0.1, -0.05) is 44.2 Å². The van der Waals surface area contributed by atoms with Gasteiger partial charge in [0.25, 0.3) is 0 Å². The number of rotatable bonds is 3. The van der Waals surface area contributed by atoms with E-state index in [-0.39, 0.29) is 5.97 Å². The van der Waals surface area contributed by atoms with E-state index in [0.717, 1.165) is 18.6 Å². The van der Waals surface area contributed by atoms with E-state index in [1.807, 2.05) is 45.1 Å². The summed E-state index contributed by atoms with van der Waals surface area (Å²) in [5, 5.41) is 0. The van der Waals surface area contributed by atoms with E-state index in [1.165, 1.54) is 6.08 Å². The van der Waals surface area contributed by atoms with Crippen LogP contribution in [0.1, 0.15) is 33.6 Å². The van der Waals surface area contributed by atoms with Gasteiger partial charge in [0.15, 0.2) is 0 Å². The number of carbonyl (C=O) groups is 1. The summed E-state index contributed by atoms with van der Waals surface area (Å²) >= 11 is 0. The molecule has 2 heteroatoms. The molecule has 2 nitrogen and oxygen atoms in total. The SMILES string of the molecule is C/C=C/C=C/C(=O)OC1=CC=CCC1.CC. The first-order valence-corrected chi connectivity index (χ1v) is 5.70. The predicted molar refractivity (Wildman–Crippen MR) is 67.9 cm³/mol. The maximum absolute atomic E-state index is 11.2. The Labute approximate surface area is 98.0 Å². The molecule has 0 aromatic carbocycles. The molecule has 0 amide bonds. The van der Waals surface area contributed by atoms with Crippen LogP contribution in [0.15, 0.2) is 48.3 Å². The first-order valence-electron chi connectivity index (χ1n) is 5.70. The van der Waals surface area contributed by atoms with Crippen molar-refractivity contribution in [1.29, 1.82) is 0 Å². The number of esters is 1. The molecule has 1 rings (SSSR count). The van der Waals surface area contributed by atoms with Gasteiger partial charge >= 0.3 is 5.97 Å². The highest BCUT2D eigenvalue weighted by Gasteiger charge is 2.04. The van der Waals surface area contributed by atoms with Gasteiger partial charge in [0.1, 0.15) is 5.76 Å². The second kappa shape index (κ2) is 9.97. The molecule has 0 radical (unpaired) electrons. The van der Waals surface area contributed by atoms with E-state index in [9.17, 15) is 4.79 Å². The summed E-state index contributed by atoms with van der Waals surface area (Å²) in [6, 6.07) is 0. The summed E-state index contributed by atoms with van der Waals surface area (Å²) in [5.41, 5.74) is 0. The quantitative estimate of drug-likeness (QED) is 0.409. The summed E-state index contributed by atoms with van der Waals surface area (Å²) < 4.78 is 5.09. The molecule has 0 aromatic rings. The minimum atomic E-state index is -0.315. The third kappa shape index (κ3) is 6.82. The Morgan fingerprint density at radius 3 is 2.69 bits per heavy atom. The fraction of sp³-hybridized carbons (Fsp3) is 0.357. The predicted octanol–water partition coefficient (Wildman–Crippen LogP) is 3.92. The van der Waals surface area contributed by atoms with Crippen LogP contribution in [0, 0.1) is 0 Å². The lowest BCUT2D eigenvalue weighted by molar-refractivity contribution is -0.134. The first kappa shape index (κ1) is 14.4. The lowest BCUT2D eigenvalue weighted by atomic mass is 10.2. The van der Waals surface area contributed by atoms with E-state index >= 15 is 0 Å². The Balaban J connectivity index is 0.00000106. The summed E-state index contributed by atoms with van der Waals surface area (Å²) in [4.78, 5) is 11.2. The van der Waals surface area contributed by atoms with Crippen molar-refractivity contribution in [3.05, 3.63) is 48.3 Å².